The molecule has 20 heavy (non-hydrogen) atoms. The summed E-state index contributed by atoms with van der Waals surface area (Å²) in [5.41, 5.74) is 5.35. The number of amides is 2. The third-order valence-electron chi connectivity index (χ3n) is 2.03. The Bertz CT molecular complexity index is 443. The molecule has 0 aliphatic carbocycles. The molecule has 7 nitrogen and oxygen atoms in total. The minimum absolute atomic E-state index is 0.145. The number of anilines is 1. The van der Waals surface area contributed by atoms with Crippen molar-refractivity contribution in [2.45, 2.75) is 32.8 Å². The number of nitrogens with zero attached hydrogens (tertiary/aromatic N) is 1. The normalized spacial score (nSPS) is 10.6. The molecule has 3 N–H and O–H groups in total. The van der Waals surface area contributed by atoms with Gasteiger partial charge >= 0.3 is 6.09 Å². The third-order valence-corrected chi connectivity index (χ3v) is 2.03. The summed E-state index contributed by atoms with van der Waals surface area (Å²) in [4.78, 5) is 26.7. The first-order valence-electron chi connectivity index (χ1n) is 6.28. The fourth-order valence-corrected chi connectivity index (χ4v) is 1.23. The van der Waals surface area contributed by atoms with Crippen LogP contribution < -0.4 is 16.2 Å². The van der Waals surface area contributed by atoms with Gasteiger partial charge in [-0.05, 0) is 32.9 Å². The molecule has 0 saturated heterocycles. The van der Waals surface area contributed by atoms with Gasteiger partial charge in [0.2, 0.25) is 5.91 Å². The number of alkyl carbamates (subject to hydrolysis) is 1. The van der Waals surface area contributed by atoms with Crippen LogP contribution in [0.3, 0.4) is 0 Å². The van der Waals surface area contributed by atoms with Gasteiger partial charge in [-0.15, -0.1) is 0 Å². The van der Waals surface area contributed by atoms with Crippen LogP contribution in [0.4, 0.5) is 10.5 Å². The number of hydrogen-bond acceptors (Lipinski definition) is 5. The highest BCUT2D eigenvalue weighted by Crippen LogP contribution is 2.06. The first-order chi connectivity index (χ1) is 9.37. The Balaban J connectivity index is 2.16. The molecule has 1 rings (SSSR count). The first-order valence-corrected chi connectivity index (χ1v) is 6.28. The van der Waals surface area contributed by atoms with Crippen molar-refractivity contribution in [3.8, 4) is 0 Å². The maximum absolute atomic E-state index is 11.5. The number of carbonyl (C=O) groups excluding carboxylic acids is 2. The average molecular weight is 280 g/mol. The van der Waals surface area contributed by atoms with Gasteiger partial charge in [0.1, 0.15) is 5.60 Å². The maximum atomic E-state index is 11.5. The Morgan fingerprint density at radius 3 is 2.70 bits per heavy atom. The Kier molecular flexibility index (Phi) is 5.76. The van der Waals surface area contributed by atoms with E-state index in [-0.39, 0.29) is 18.9 Å². The third kappa shape index (κ3) is 7.20. The highest BCUT2D eigenvalue weighted by Gasteiger charge is 2.15. The largest absolute Gasteiger partial charge is 0.444 e. The predicted molar refractivity (Wildman–Crippen MR) is 74.9 cm³/mol. The van der Waals surface area contributed by atoms with Gasteiger partial charge in [-0.1, -0.05) is 0 Å². The standard InChI is InChI=1S/C13H20N4O3/c1-13(2,3)20-12(19)15-8-6-11(18)17-16-10-5-4-7-14-9-10/h4-5,7,9,16H,6,8H2,1-3H3,(H,15,19)(H,17,18). The van der Waals surface area contributed by atoms with Crippen molar-refractivity contribution in [3.63, 3.8) is 0 Å². The van der Waals surface area contributed by atoms with Crippen LogP contribution in [0.2, 0.25) is 0 Å². The molecule has 7 heteroatoms. The number of ether oxygens (including phenoxy) is 1. The smallest absolute Gasteiger partial charge is 0.407 e. The molecule has 0 aliphatic rings. The van der Waals surface area contributed by atoms with Crippen molar-refractivity contribution in [1.29, 1.82) is 0 Å². The van der Waals surface area contributed by atoms with E-state index in [0.717, 1.165) is 0 Å². The molecule has 0 unspecified atom stereocenters. The van der Waals surface area contributed by atoms with Crippen LogP contribution in [0.1, 0.15) is 27.2 Å². The van der Waals surface area contributed by atoms with Crippen LogP contribution in [-0.4, -0.2) is 29.1 Å². The molecule has 1 aromatic rings. The Morgan fingerprint density at radius 1 is 1.35 bits per heavy atom. The molecule has 0 spiro atoms. The topological polar surface area (TPSA) is 92.3 Å². The van der Waals surface area contributed by atoms with Crippen molar-refractivity contribution < 1.29 is 14.3 Å². The molecule has 0 atom stereocenters. The van der Waals surface area contributed by atoms with Gasteiger partial charge in [0.25, 0.3) is 0 Å². The van der Waals surface area contributed by atoms with Gasteiger partial charge in [-0.25, -0.2) is 4.79 Å². The monoisotopic (exact) mass is 280 g/mol. The van der Waals surface area contributed by atoms with E-state index in [9.17, 15) is 9.59 Å². The molecule has 2 amide bonds. The molecule has 1 heterocycles. The lowest BCUT2D eigenvalue weighted by Gasteiger charge is -2.19. The molecule has 0 saturated carbocycles. The second-order valence-corrected chi connectivity index (χ2v) is 5.09. The molecule has 110 valence electrons. The first kappa shape index (κ1) is 15.7. The number of pyridine rings is 1. The Hall–Kier alpha value is -2.31. The van der Waals surface area contributed by atoms with E-state index in [0.29, 0.717) is 5.69 Å². The zero-order chi connectivity index (χ0) is 15.0. The highest BCUT2D eigenvalue weighted by molar-refractivity contribution is 5.78. The summed E-state index contributed by atoms with van der Waals surface area (Å²) in [6.45, 7) is 5.53. The molecule has 0 radical (unpaired) electrons. The lowest BCUT2D eigenvalue weighted by molar-refractivity contribution is -0.120. The van der Waals surface area contributed by atoms with Crippen molar-refractivity contribution in [3.05, 3.63) is 24.5 Å². The van der Waals surface area contributed by atoms with Crippen LogP contribution in [0.25, 0.3) is 0 Å². The number of aromatic nitrogens is 1. The lowest BCUT2D eigenvalue weighted by atomic mass is 10.2. The van der Waals surface area contributed by atoms with Crippen molar-refractivity contribution in [2.24, 2.45) is 0 Å². The number of hydrogen-bond donors (Lipinski definition) is 3. The second-order valence-electron chi connectivity index (χ2n) is 5.09. The SMILES string of the molecule is CC(C)(C)OC(=O)NCCC(=O)NNc1cccnc1. The zero-order valence-corrected chi connectivity index (χ0v) is 11.9. The highest BCUT2D eigenvalue weighted by atomic mass is 16.6. The molecule has 0 aromatic carbocycles. The van der Waals surface area contributed by atoms with E-state index < -0.39 is 11.7 Å². The van der Waals surface area contributed by atoms with Crippen LogP contribution in [-0.2, 0) is 9.53 Å². The summed E-state index contributed by atoms with van der Waals surface area (Å²) in [6, 6.07) is 3.52. The van der Waals surface area contributed by atoms with E-state index >= 15 is 0 Å². The number of rotatable bonds is 5. The fourth-order valence-electron chi connectivity index (χ4n) is 1.23. The Labute approximate surface area is 118 Å². The Morgan fingerprint density at radius 2 is 2.10 bits per heavy atom. The van der Waals surface area contributed by atoms with Gasteiger partial charge in [-0.3, -0.25) is 20.6 Å². The van der Waals surface area contributed by atoms with Gasteiger partial charge in [0.15, 0.2) is 0 Å². The van der Waals surface area contributed by atoms with E-state index in [2.05, 4.69) is 21.2 Å². The number of hydrazine groups is 1. The molecule has 1 aromatic heterocycles. The zero-order valence-electron chi connectivity index (χ0n) is 11.9. The van der Waals surface area contributed by atoms with Crippen LogP contribution in [0.15, 0.2) is 24.5 Å². The van der Waals surface area contributed by atoms with Crippen LogP contribution in [0, 0.1) is 0 Å². The summed E-state index contributed by atoms with van der Waals surface area (Å²) in [5, 5.41) is 2.51. The average Bonchev–Trinajstić information content (AvgIpc) is 2.35. The summed E-state index contributed by atoms with van der Waals surface area (Å²) in [5.74, 6) is -0.245. The van der Waals surface area contributed by atoms with E-state index in [4.69, 9.17) is 4.74 Å². The quantitative estimate of drug-likeness (QED) is 0.710. The summed E-state index contributed by atoms with van der Waals surface area (Å²) < 4.78 is 5.04. The van der Waals surface area contributed by atoms with Crippen LogP contribution >= 0.6 is 0 Å². The molecule has 0 fully saturated rings. The minimum Gasteiger partial charge on any atom is -0.444 e. The molecular formula is C13H20N4O3. The summed E-state index contributed by atoms with van der Waals surface area (Å²) >= 11 is 0. The lowest BCUT2D eigenvalue weighted by Crippen LogP contribution is -2.36. The van der Waals surface area contributed by atoms with Gasteiger partial charge < -0.3 is 10.1 Å². The number of nitrogens with one attached hydrogen (secondary N) is 3. The van der Waals surface area contributed by atoms with Crippen molar-refractivity contribution in [2.75, 3.05) is 12.0 Å². The van der Waals surface area contributed by atoms with Crippen molar-refractivity contribution >= 4 is 17.7 Å². The minimum atomic E-state index is -0.547. The molecular weight excluding hydrogens is 260 g/mol. The molecule has 0 bridgehead atoms. The maximum Gasteiger partial charge on any atom is 0.407 e. The van der Waals surface area contributed by atoms with Crippen LogP contribution in [0.5, 0.6) is 0 Å². The van der Waals surface area contributed by atoms with E-state index in [1.807, 2.05) is 0 Å². The van der Waals surface area contributed by atoms with Crippen molar-refractivity contribution in [1.82, 2.24) is 15.7 Å². The fraction of sp³-hybridized carbons (Fsp3) is 0.462. The summed E-state index contributed by atoms with van der Waals surface area (Å²) in [6.07, 6.45) is 2.83. The predicted octanol–water partition coefficient (Wildman–Crippen LogP) is 1.44. The van der Waals surface area contributed by atoms with Gasteiger partial charge in [0.05, 0.1) is 11.9 Å². The van der Waals surface area contributed by atoms with Gasteiger partial charge in [-0.2, -0.15) is 0 Å². The van der Waals surface area contributed by atoms with E-state index in [1.54, 1.807) is 45.3 Å². The van der Waals surface area contributed by atoms with Gasteiger partial charge in [0, 0.05) is 19.2 Å². The summed E-state index contributed by atoms with van der Waals surface area (Å²) in [7, 11) is 0. The molecule has 0 aliphatic heterocycles. The second kappa shape index (κ2) is 7.32. The number of carbonyl (C=O) groups is 2. The van der Waals surface area contributed by atoms with E-state index in [1.165, 1.54) is 0 Å².